The molecule has 122 valence electrons. The molecule has 0 N–H and O–H groups in total. The molecule has 0 fully saturated rings. The summed E-state index contributed by atoms with van der Waals surface area (Å²) in [6.45, 7) is 2.27. The van der Waals surface area contributed by atoms with Crippen LogP contribution < -0.4 is 0 Å². The number of allylic oxidation sites excluding steroid dienone is 3. The van der Waals surface area contributed by atoms with Crippen LogP contribution in [0.15, 0.2) is 24.3 Å². The normalized spacial score (nSPS) is 11.5. The third-order valence-corrected chi connectivity index (χ3v) is 3.60. The van der Waals surface area contributed by atoms with E-state index in [9.17, 15) is 4.79 Å². The van der Waals surface area contributed by atoms with Crippen molar-refractivity contribution in [3.63, 3.8) is 0 Å². The van der Waals surface area contributed by atoms with Crippen LogP contribution in [0.4, 0.5) is 0 Å². The topological polar surface area (TPSA) is 26.3 Å². The van der Waals surface area contributed by atoms with E-state index in [2.05, 4.69) is 23.8 Å². The SMILES string of the molecule is CCCCCCCCCCC/C=C\CC/C=C\C(=O)OC. The van der Waals surface area contributed by atoms with Crippen LogP contribution in [0.2, 0.25) is 0 Å². The maximum absolute atomic E-state index is 10.8. The zero-order chi connectivity index (χ0) is 15.6. The molecule has 0 bridgehead atoms. The summed E-state index contributed by atoms with van der Waals surface area (Å²) >= 11 is 0. The average molecular weight is 294 g/mol. The van der Waals surface area contributed by atoms with Crippen molar-refractivity contribution < 1.29 is 9.53 Å². The molecule has 0 aromatic rings. The van der Waals surface area contributed by atoms with Crippen molar-refractivity contribution in [3.05, 3.63) is 24.3 Å². The Morgan fingerprint density at radius 2 is 1.29 bits per heavy atom. The van der Waals surface area contributed by atoms with Gasteiger partial charge in [0.2, 0.25) is 0 Å². The van der Waals surface area contributed by atoms with Crippen molar-refractivity contribution in [2.45, 2.75) is 84.0 Å². The molecule has 0 saturated heterocycles. The predicted octanol–water partition coefficient (Wildman–Crippen LogP) is 5.97. The molecule has 0 saturated carbocycles. The van der Waals surface area contributed by atoms with Crippen LogP contribution in [0.5, 0.6) is 0 Å². The summed E-state index contributed by atoms with van der Waals surface area (Å²) in [4.78, 5) is 10.8. The van der Waals surface area contributed by atoms with E-state index in [1.165, 1.54) is 77.4 Å². The van der Waals surface area contributed by atoms with Gasteiger partial charge >= 0.3 is 5.97 Å². The fourth-order valence-electron chi connectivity index (χ4n) is 2.25. The smallest absolute Gasteiger partial charge is 0.330 e. The van der Waals surface area contributed by atoms with Gasteiger partial charge < -0.3 is 4.74 Å². The number of rotatable bonds is 14. The molecule has 2 nitrogen and oxygen atoms in total. The first-order valence-corrected chi connectivity index (χ1v) is 8.70. The van der Waals surface area contributed by atoms with E-state index in [-0.39, 0.29) is 5.97 Å². The van der Waals surface area contributed by atoms with E-state index >= 15 is 0 Å². The zero-order valence-corrected chi connectivity index (χ0v) is 14.1. The highest BCUT2D eigenvalue weighted by atomic mass is 16.5. The fourth-order valence-corrected chi connectivity index (χ4v) is 2.25. The van der Waals surface area contributed by atoms with Crippen LogP contribution in [-0.2, 0) is 9.53 Å². The van der Waals surface area contributed by atoms with Crippen LogP contribution in [0, 0.1) is 0 Å². The minimum absolute atomic E-state index is 0.270. The molecule has 0 spiro atoms. The Bertz CT molecular complexity index is 279. The van der Waals surface area contributed by atoms with Crippen LogP contribution >= 0.6 is 0 Å². The highest BCUT2D eigenvalue weighted by molar-refractivity contribution is 5.81. The molecule has 0 heterocycles. The molecule has 0 rings (SSSR count). The number of hydrogen-bond donors (Lipinski definition) is 0. The molecule has 0 atom stereocenters. The summed E-state index contributed by atoms with van der Waals surface area (Å²) in [5.74, 6) is -0.270. The molecule has 0 unspecified atom stereocenters. The Balaban J connectivity index is 3.18. The highest BCUT2D eigenvalue weighted by Crippen LogP contribution is 2.10. The standard InChI is InChI=1S/C19H34O2/c1-3-4-5-6-7-8-9-10-11-12-13-14-15-16-17-18-19(20)21-2/h13-14,17-18H,3-12,15-16H2,1-2H3/b14-13-,18-17-. The Labute approximate surface area is 131 Å². The molecule has 0 aliphatic carbocycles. The molecule has 0 aromatic carbocycles. The molecular weight excluding hydrogens is 260 g/mol. The van der Waals surface area contributed by atoms with Gasteiger partial charge in [0.05, 0.1) is 7.11 Å². The first kappa shape index (κ1) is 19.9. The van der Waals surface area contributed by atoms with Gasteiger partial charge in [-0.25, -0.2) is 4.79 Å². The summed E-state index contributed by atoms with van der Waals surface area (Å²) in [6.07, 6.45) is 23.4. The second kappa shape index (κ2) is 17.0. The number of methoxy groups -OCH3 is 1. The number of unbranched alkanes of at least 4 members (excludes halogenated alkanes) is 10. The fraction of sp³-hybridized carbons (Fsp3) is 0.737. The summed E-state index contributed by atoms with van der Waals surface area (Å²) in [5.41, 5.74) is 0. The van der Waals surface area contributed by atoms with Gasteiger partial charge in [0.25, 0.3) is 0 Å². The molecular formula is C19H34O2. The third-order valence-electron chi connectivity index (χ3n) is 3.60. The van der Waals surface area contributed by atoms with E-state index in [0.29, 0.717) is 0 Å². The lowest BCUT2D eigenvalue weighted by Crippen LogP contribution is -1.93. The quantitative estimate of drug-likeness (QED) is 0.171. The first-order chi connectivity index (χ1) is 10.3. The Hall–Kier alpha value is -1.05. The molecule has 0 aromatic heterocycles. The minimum atomic E-state index is -0.270. The number of hydrogen-bond acceptors (Lipinski definition) is 2. The van der Waals surface area contributed by atoms with Crippen LogP contribution in [0.1, 0.15) is 84.0 Å². The van der Waals surface area contributed by atoms with E-state index < -0.39 is 0 Å². The summed E-state index contributed by atoms with van der Waals surface area (Å²) < 4.78 is 4.53. The lowest BCUT2D eigenvalue weighted by molar-refractivity contribution is -0.134. The number of esters is 1. The molecule has 21 heavy (non-hydrogen) atoms. The van der Waals surface area contributed by atoms with Crippen LogP contribution in [0.3, 0.4) is 0 Å². The molecule has 2 heteroatoms. The first-order valence-electron chi connectivity index (χ1n) is 8.70. The van der Waals surface area contributed by atoms with Gasteiger partial charge in [0.15, 0.2) is 0 Å². The largest absolute Gasteiger partial charge is 0.466 e. The second-order valence-corrected chi connectivity index (χ2v) is 5.59. The van der Waals surface area contributed by atoms with Gasteiger partial charge in [-0.1, -0.05) is 76.5 Å². The summed E-state index contributed by atoms with van der Waals surface area (Å²) in [6, 6.07) is 0. The van der Waals surface area contributed by atoms with Gasteiger partial charge in [-0.2, -0.15) is 0 Å². The van der Waals surface area contributed by atoms with Gasteiger partial charge in [0.1, 0.15) is 0 Å². The Morgan fingerprint density at radius 3 is 1.90 bits per heavy atom. The molecule has 0 aliphatic rings. The molecule has 0 amide bonds. The number of ether oxygens (including phenoxy) is 1. The van der Waals surface area contributed by atoms with Crippen molar-refractivity contribution in [2.75, 3.05) is 7.11 Å². The maximum Gasteiger partial charge on any atom is 0.330 e. The van der Waals surface area contributed by atoms with Crippen LogP contribution in [-0.4, -0.2) is 13.1 Å². The van der Waals surface area contributed by atoms with Gasteiger partial charge in [0, 0.05) is 6.08 Å². The van der Waals surface area contributed by atoms with E-state index in [1.54, 1.807) is 0 Å². The van der Waals surface area contributed by atoms with Crippen molar-refractivity contribution in [1.29, 1.82) is 0 Å². The lowest BCUT2D eigenvalue weighted by atomic mass is 10.1. The maximum atomic E-state index is 10.8. The van der Waals surface area contributed by atoms with Gasteiger partial charge in [-0.15, -0.1) is 0 Å². The van der Waals surface area contributed by atoms with Gasteiger partial charge in [-0.3, -0.25) is 0 Å². The van der Waals surface area contributed by atoms with Crippen molar-refractivity contribution in [1.82, 2.24) is 0 Å². The van der Waals surface area contributed by atoms with Crippen molar-refractivity contribution >= 4 is 5.97 Å². The molecule has 0 radical (unpaired) electrons. The van der Waals surface area contributed by atoms with Gasteiger partial charge in [-0.05, 0) is 25.7 Å². The van der Waals surface area contributed by atoms with E-state index in [1.807, 2.05) is 6.08 Å². The van der Waals surface area contributed by atoms with Crippen molar-refractivity contribution in [2.24, 2.45) is 0 Å². The van der Waals surface area contributed by atoms with Crippen molar-refractivity contribution in [3.8, 4) is 0 Å². The Morgan fingerprint density at radius 1 is 0.762 bits per heavy atom. The number of carbonyl (C=O) groups is 1. The molecule has 0 aliphatic heterocycles. The van der Waals surface area contributed by atoms with E-state index in [4.69, 9.17) is 0 Å². The minimum Gasteiger partial charge on any atom is -0.466 e. The number of carbonyl (C=O) groups excluding carboxylic acids is 1. The predicted molar refractivity (Wildman–Crippen MR) is 91.4 cm³/mol. The summed E-state index contributed by atoms with van der Waals surface area (Å²) in [7, 11) is 1.40. The monoisotopic (exact) mass is 294 g/mol. The second-order valence-electron chi connectivity index (χ2n) is 5.59. The van der Waals surface area contributed by atoms with Crippen LogP contribution in [0.25, 0.3) is 0 Å². The van der Waals surface area contributed by atoms with E-state index in [0.717, 1.165) is 12.8 Å². The average Bonchev–Trinajstić information content (AvgIpc) is 2.50. The zero-order valence-electron chi connectivity index (χ0n) is 14.1. The third kappa shape index (κ3) is 16.9. The highest BCUT2D eigenvalue weighted by Gasteiger charge is 1.91. The Kier molecular flexibility index (Phi) is 16.2. The summed E-state index contributed by atoms with van der Waals surface area (Å²) in [5, 5.41) is 0. The lowest BCUT2D eigenvalue weighted by Gasteiger charge is -2.00.